The van der Waals surface area contributed by atoms with Crippen molar-refractivity contribution in [3.8, 4) is 11.5 Å². The van der Waals surface area contributed by atoms with E-state index in [-0.39, 0.29) is 11.3 Å². The van der Waals surface area contributed by atoms with Gasteiger partial charge in [-0.05, 0) is 64.3 Å². The summed E-state index contributed by atoms with van der Waals surface area (Å²) in [6.07, 6.45) is 1.43. The Hall–Kier alpha value is -3.43. The van der Waals surface area contributed by atoms with Crippen molar-refractivity contribution in [3.63, 3.8) is 0 Å². The lowest BCUT2D eigenvalue weighted by Gasteiger charge is -2.13. The molecule has 10 heteroatoms. The number of carbonyl (C=O) groups excluding carboxylic acids is 1. The zero-order valence-electron chi connectivity index (χ0n) is 17.7. The molecule has 0 unspecified atom stereocenters. The van der Waals surface area contributed by atoms with E-state index in [9.17, 15) is 14.9 Å². The van der Waals surface area contributed by atoms with Crippen molar-refractivity contribution in [2.24, 2.45) is 5.10 Å². The smallest absolute Gasteiger partial charge is 0.273 e. The molecule has 0 aliphatic carbocycles. The predicted octanol–water partition coefficient (Wildman–Crippen LogP) is 5.67. The quantitative estimate of drug-likeness (QED) is 0.229. The van der Waals surface area contributed by atoms with Gasteiger partial charge in [0.1, 0.15) is 6.61 Å². The van der Waals surface area contributed by atoms with Crippen molar-refractivity contribution in [2.75, 3.05) is 7.11 Å². The second-order valence-corrected chi connectivity index (χ2v) is 8.20. The van der Waals surface area contributed by atoms with Gasteiger partial charge in [-0.3, -0.25) is 14.9 Å². The fourth-order valence-electron chi connectivity index (χ4n) is 2.87. The van der Waals surface area contributed by atoms with Crippen LogP contribution in [-0.4, -0.2) is 24.2 Å². The molecule has 0 spiro atoms. The molecule has 0 radical (unpaired) electrons. The summed E-state index contributed by atoms with van der Waals surface area (Å²) >= 11 is 9.38. The first-order valence-corrected chi connectivity index (χ1v) is 10.8. The summed E-state index contributed by atoms with van der Waals surface area (Å²) in [5.41, 5.74) is 4.41. The number of amides is 1. The van der Waals surface area contributed by atoms with Crippen molar-refractivity contribution >= 4 is 45.3 Å². The van der Waals surface area contributed by atoms with E-state index < -0.39 is 10.8 Å². The van der Waals surface area contributed by atoms with Gasteiger partial charge in [0.25, 0.3) is 11.6 Å². The maximum absolute atomic E-state index is 12.3. The Morgan fingerprint density at radius 2 is 1.94 bits per heavy atom. The van der Waals surface area contributed by atoms with E-state index in [0.29, 0.717) is 38.7 Å². The van der Waals surface area contributed by atoms with E-state index >= 15 is 0 Å². The first-order valence-electron chi connectivity index (χ1n) is 9.61. The summed E-state index contributed by atoms with van der Waals surface area (Å²) in [5.74, 6) is 0.421. The molecule has 0 aliphatic heterocycles. The number of nitrogens with one attached hydrogen (secondary N) is 1. The van der Waals surface area contributed by atoms with Gasteiger partial charge < -0.3 is 9.47 Å². The first-order chi connectivity index (χ1) is 15.8. The van der Waals surface area contributed by atoms with E-state index in [4.69, 9.17) is 21.1 Å². The topological polar surface area (TPSA) is 103 Å². The van der Waals surface area contributed by atoms with E-state index in [1.807, 2.05) is 12.1 Å². The van der Waals surface area contributed by atoms with Crippen LogP contribution in [0.2, 0.25) is 5.02 Å². The van der Waals surface area contributed by atoms with Crippen molar-refractivity contribution < 1.29 is 19.2 Å². The van der Waals surface area contributed by atoms with Gasteiger partial charge in [-0.25, -0.2) is 5.43 Å². The lowest BCUT2D eigenvalue weighted by atomic mass is 10.1. The highest BCUT2D eigenvalue weighted by atomic mass is 79.9. The summed E-state index contributed by atoms with van der Waals surface area (Å²) < 4.78 is 12.0. The Morgan fingerprint density at radius 3 is 2.61 bits per heavy atom. The Balaban J connectivity index is 1.70. The number of hydrazone groups is 1. The Morgan fingerprint density at radius 1 is 1.21 bits per heavy atom. The average molecular weight is 533 g/mol. The van der Waals surface area contributed by atoms with E-state index in [2.05, 4.69) is 26.5 Å². The Labute approximate surface area is 203 Å². The molecule has 3 rings (SSSR count). The number of nitrogens with zero attached hydrogens (tertiary/aromatic N) is 2. The van der Waals surface area contributed by atoms with Crippen LogP contribution in [0.4, 0.5) is 5.69 Å². The zero-order valence-corrected chi connectivity index (χ0v) is 20.0. The molecule has 0 aromatic heterocycles. The molecular weight excluding hydrogens is 514 g/mol. The van der Waals surface area contributed by atoms with Crippen molar-refractivity contribution in [1.82, 2.24) is 5.43 Å². The largest absolute Gasteiger partial charge is 0.493 e. The average Bonchev–Trinajstić information content (AvgIpc) is 2.79. The van der Waals surface area contributed by atoms with Crippen LogP contribution in [-0.2, 0) is 6.61 Å². The van der Waals surface area contributed by atoms with Gasteiger partial charge in [-0.2, -0.15) is 5.10 Å². The molecular formula is C23H19BrClN3O5. The number of benzene rings is 3. The molecule has 8 nitrogen and oxygen atoms in total. The number of aryl methyl sites for hydroxylation is 1. The van der Waals surface area contributed by atoms with E-state index in [0.717, 1.165) is 5.56 Å². The second kappa shape index (κ2) is 10.9. The molecule has 0 saturated carbocycles. The fourth-order valence-corrected chi connectivity index (χ4v) is 3.57. The monoisotopic (exact) mass is 531 g/mol. The van der Waals surface area contributed by atoms with Crippen LogP contribution >= 0.6 is 27.5 Å². The predicted molar refractivity (Wildman–Crippen MR) is 129 cm³/mol. The van der Waals surface area contributed by atoms with Gasteiger partial charge >= 0.3 is 0 Å². The summed E-state index contributed by atoms with van der Waals surface area (Å²) in [7, 11) is 1.52. The van der Waals surface area contributed by atoms with Crippen LogP contribution in [0, 0.1) is 17.0 Å². The Kier molecular flexibility index (Phi) is 8.02. The fraction of sp³-hybridized carbons (Fsp3) is 0.130. The van der Waals surface area contributed by atoms with Crippen molar-refractivity contribution in [1.29, 1.82) is 0 Å². The highest BCUT2D eigenvalue weighted by Gasteiger charge is 2.15. The first kappa shape index (κ1) is 24.2. The number of ether oxygens (including phenoxy) is 2. The number of halogens is 2. The van der Waals surface area contributed by atoms with E-state index in [1.165, 1.54) is 31.5 Å². The molecule has 0 atom stereocenters. The summed E-state index contributed by atoms with van der Waals surface area (Å²) in [4.78, 5) is 22.8. The molecule has 1 N–H and O–H groups in total. The number of carbonyl (C=O) groups is 1. The molecule has 1 amide bonds. The van der Waals surface area contributed by atoms with Crippen LogP contribution in [0.25, 0.3) is 0 Å². The zero-order chi connectivity index (χ0) is 24.0. The van der Waals surface area contributed by atoms with Gasteiger partial charge in [0, 0.05) is 22.2 Å². The maximum Gasteiger partial charge on any atom is 0.273 e. The Bertz CT molecular complexity index is 1220. The number of hydrogen-bond donors (Lipinski definition) is 1. The molecule has 3 aromatic carbocycles. The van der Waals surface area contributed by atoms with Gasteiger partial charge in [0.2, 0.25) is 0 Å². The number of nitro groups is 1. The summed E-state index contributed by atoms with van der Waals surface area (Å²) in [6, 6.07) is 15.0. The minimum atomic E-state index is -0.566. The van der Waals surface area contributed by atoms with Crippen LogP contribution in [0.1, 0.15) is 27.0 Å². The van der Waals surface area contributed by atoms with Crippen LogP contribution in [0.15, 0.2) is 64.2 Å². The normalized spacial score (nSPS) is 10.8. The van der Waals surface area contributed by atoms with Gasteiger partial charge in [0.15, 0.2) is 11.5 Å². The highest BCUT2D eigenvalue weighted by Crippen LogP contribution is 2.37. The van der Waals surface area contributed by atoms with Crippen molar-refractivity contribution in [3.05, 3.63) is 96.5 Å². The van der Waals surface area contributed by atoms with Crippen LogP contribution in [0.5, 0.6) is 11.5 Å². The molecule has 3 aromatic rings. The molecule has 0 heterocycles. The lowest BCUT2D eigenvalue weighted by Crippen LogP contribution is -2.17. The maximum atomic E-state index is 12.3. The van der Waals surface area contributed by atoms with Gasteiger partial charge in [-0.15, -0.1) is 0 Å². The lowest BCUT2D eigenvalue weighted by molar-refractivity contribution is -0.385. The number of nitro benzene ring substituents is 1. The number of methoxy groups -OCH3 is 1. The summed E-state index contributed by atoms with van der Waals surface area (Å²) in [6.45, 7) is 1.92. The third-order valence-electron chi connectivity index (χ3n) is 4.60. The SMILES string of the molecule is COc1cc(/C=N\NC(=O)c2ccc(C)c([N+](=O)[O-])c2)cc(Br)c1OCc1ccc(Cl)cc1. The number of hydrogen-bond acceptors (Lipinski definition) is 6. The molecule has 170 valence electrons. The number of rotatable bonds is 8. The molecule has 0 saturated heterocycles. The van der Waals surface area contributed by atoms with E-state index in [1.54, 1.807) is 31.2 Å². The minimum Gasteiger partial charge on any atom is -0.493 e. The van der Waals surface area contributed by atoms with Gasteiger partial charge in [-0.1, -0.05) is 29.8 Å². The summed E-state index contributed by atoms with van der Waals surface area (Å²) in [5, 5.41) is 15.7. The van der Waals surface area contributed by atoms with Crippen LogP contribution in [0.3, 0.4) is 0 Å². The molecule has 0 aliphatic rings. The molecule has 0 fully saturated rings. The standard InChI is InChI=1S/C23H19BrClN3O5/c1-14-3-6-17(11-20(14)28(30)31)23(29)27-26-12-16-9-19(24)22(21(10-16)32-2)33-13-15-4-7-18(25)8-5-15/h3-12H,13H2,1-2H3,(H,27,29)/b26-12-. The van der Waals surface area contributed by atoms with Gasteiger partial charge in [0.05, 0.1) is 22.7 Å². The molecule has 0 bridgehead atoms. The third kappa shape index (κ3) is 6.30. The third-order valence-corrected chi connectivity index (χ3v) is 5.44. The highest BCUT2D eigenvalue weighted by molar-refractivity contribution is 9.10. The van der Waals surface area contributed by atoms with Crippen molar-refractivity contribution in [2.45, 2.75) is 13.5 Å². The molecule has 33 heavy (non-hydrogen) atoms. The van der Waals surface area contributed by atoms with Crippen LogP contribution < -0.4 is 14.9 Å². The second-order valence-electron chi connectivity index (χ2n) is 6.91. The minimum absolute atomic E-state index is 0.130.